The minimum atomic E-state index is 0.0582. The van der Waals surface area contributed by atoms with Gasteiger partial charge in [-0.25, -0.2) is 9.97 Å². The van der Waals surface area contributed by atoms with Gasteiger partial charge in [-0.3, -0.25) is 4.79 Å². The molecule has 0 bridgehead atoms. The molecule has 1 aromatic heterocycles. The van der Waals surface area contributed by atoms with E-state index in [1.165, 1.54) is 0 Å². The molecule has 2 N–H and O–H groups in total. The van der Waals surface area contributed by atoms with Crippen LogP contribution in [0.5, 0.6) is 0 Å². The number of hydrogen-bond acceptors (Lipinski definition) is 4. The van der Waals surface area contributed by atoms with Crippen LogP contribution in [0.15, 0.2) is 12.4 Å². The van der Waals surface area contributed by atoms with Crippen molar-refractivity contribution in [3.05, 3.63) is 18.1 Å². The van der Waals surface area contributed by atoms with E-state index >= 15 is 0 Å². The van der Waals surface area contributed by atoms with E-state index in [0.717, 1.165) is 24.4 Å². The van der Waals surface area contributed by atoms with Crippen LogP contribution >= 0.6 is 0 Å². The number of anilines is 1. The minimum Gasteiger partial charge on any atom is -0.369 e. The van der Waals surface area contributed by atoms with Crippen molar-refractivity contribution in [2.24, 2.45) is 0 Å². The molecule has 0 aliphatic carbocycles. The Labute approximate surface area is 102 Å². The number of carbonyl (C=O) groups is 1. The third kappa shape index (κ3) is 5.29. The Hall–Kier alpha value is -1.65. The fraction of sp³-hybridized carbons (Fsp3) is 0.583. The largest absolute Gasteiger partial charge is 0.369 e. The summed E-state index contributed by atoms with van der Waals surface area (Å²) in [6.07, 6.45) is 4.03. The molecule has 17 heavy (non-hydrogen) atoms. The summed E-state index contributed by atoms with van der Waals surface area (Å²) in [6, 6.07) is 1.93. The summed E-state index contributed by atoms with van der Waals surface area (Å²) in [5, 5.41) is 5.87. The third-order valence-corrected chi connectivity index (χ3v) is 2.26. The van der Waals surface area contributed by atoms with E-state index in [9.17, 15) is 4.79 Å². The van der Waals surface area contributed by atoms with Crippen molar-refractivity contribution in [2.45, 2.75) is 33.1 Å². The lowest BCUT2D eigenvalue weighted by atomic mass is 10.2. The summed E-state index contributed by atoms with van der Waals surface area (Å²) in [5.74, 6) is 0.843. The second-order valence-electron chi connectivity index (χ2n) is 3.77. The SMILES string of the molecule is CCCc1cc(NCCC(=O)NCC)ncn1. The predicted octanol–water partition coefficient (Wildman–Crippen LogP) is 1.37. The first-order chi connectivity index (χ1) is 8.26. The molecule has 94 valence electrons. The molecule has 0 unspecified atom stereocenters. The van der Waals surface area contributed by atoms with Crippen LogP contribution < -0.4 is 10.6 Å². The maximum absolute atomic E-state index is 11.2. The van der Waals surface area contributed by atoms with Gasteiger partial charge >= 0.3 is 0 Å². The van der Waals surface area contributed by atoms with Gasteiger partial charge in [-0.15, -0.1) is 0 Å². The molecule has 0 radical (unpaired) electrons. The Balaban J connectivity index is 2.35. The molecule has 0 aliphatic rings. The first-order valence-electron chi connectivity index (χ1n) is 6.07. The van der Waals surface area contributed by atoms with Gasteiger partial charge in [0.2, 0.25) is 5.91 Å². The van der Waals surface area contributed by atoms with Crippen LogP contribution in [0.25, 0.3) is 0 Å². The first kappa shape index (κ1) is 13.4. The number of rotatable bonds is 7. The van der Waals surface area contributed by atoms with Crippen molar-refractivity contribution < 1.29 is 4.79 Å². The van der Waals surface area contributed by atoms with Gasteiger partial charge in [0.15, 0.2) is 0 Å². The van der Waals surface area contributed by atoms with Gasteiger partial charge in [0.1, 0.15) is 12.1 Å². The third-order valence-electron chi connectivity index (χ3n) is 2.26. The minimum absolute atomic E-state index is 0.0582. The van der Waals surface area contributed by atoms with E-state index in [1.54, 1.807) is 6.33 Å². The molecule has 0 fully saturated rings. The molecular weight excluding hydrogens is 216 g/mol. The Morgan fingerprint density at radius 3 is 2.88 bits per heavy atom. The van der Waals surface area contributed by atoms with Gasteiger partial charge in [-0.05, 0) is 13.3 Å². The molecule has 1 rings (SSSR count). The normalized spacial score (nSPS) is 10.0. The molecule has 0 spiro atoms. The molecule has 5 nitrogen and oxygen atoms in total. The Kier molecular flexibility index (Phi) is 5.99. The zero-order valence-electron chi connectivity index (χ0n) is 10.5. The lowest BCUT2D eigenvalue weighted by Crippen LogP contribution is -2.24. The average Bonchev–Trinajstić information content (AvgIpc) is 2.30. The summed E-state index contributed by atoms with van der Waals surface area (Å²) >= 11 is 0. The fourth-order valence-corrected chi connectivity index (χ4v) is 1.48. The monoisotopic (exact) mass is 236 g/mol. The van der Waals surface area contributed by atoms with E-state index in [4.69, 9.17) is 0 Å². The molecule has 0 aliphatic heterocycles. The zero-order valence-corrected chi connectivity index (χ0v) is 10.5. The van der Waals surface area contributed by atoms with E-state index in [1.807, 2.05) is 13.0 Å². The summed E-state index contributed by atoms with van der Waals surface area (Å²) in [7, 11) is 0. The van der Waals surface area contributed by atoms with Crippen LogP contribution in [0.4, 0.5) is 5.82 Å². The van der Waals surface area contributed by atoms with Crippen LogP contribution in [0.1, 0.15) is 32.4 Å². The van der Waals surface area contributed by atoms with Gasteiger partial charge in [-0.1, -0.05) is 13.3 Å². The van der Waals surface area contributed by atoms with E-state index < -0.39 is 0 Å². The second kappa shape index (κ2) is 7.60. The molecule has 1 aromatic rings. The van der Waals surface area contributed by atoms with Crippen molar-refractivity contribution in [1.82, 2.24) is 15.3 Å². The van der Waals surface area contributed by atoms with Crippen LogP contribution in [-0.2, 0) is 11.2 Å². The lowest BCUT2D eigenvalue weighted by Gasteiger charge is -2.06. The number of amides is 1. The van der Waals surface area contributed by atoms with Crippen molar-refractivity contribution in [3.63, 3.8) is 0 Å². The van der Waals surface area contributed by atoms with Crippen molar-refractivity contribution in [3.8, 4) is 0 Å². The van der Waals surface area contributed by atoms with E-state index in [0.29, 0.717) is 19.5 Å². The topological polar surface area (TPSA) is 66.9 Å². The Morgan fingerprint density at radius 1 is 1.35 bits per heavy atom. The molecule has 5 heteroatoms. The number of aromatic nitrogens is 2. The highest BCUT2D eigenvalue weighted by molar-refractivity contribution is 5.76. The quantitative estimate of drug-likeness (QED) is 0.750. The molecule has 0 saturated heterocycles. The summed E-state index contributed by atoms with van der Waals surface area (Å²) in [5.41, 5.74) is 1.03. The second-order valence-corrected chi connectivity index (χ2v) is 3.77. The van der Waals surface area contributed by atoms with Gasteiger partial charge < -0.3 is 10.6 Å². The zero-order chi connectivity index (χ0) is 12.5. The van der Waals surface area contributed by atoms with Gasteiger partial charge in [0, 0.05) is 31.3 Å². The maximum Gasteiger partial charge on any atom is 0.221 e. The van der Waals surface area contributed by atoms with Crippen LogP contribution in [0.3, 0.4) is 0 Å². The highest BCUT2D eigenvalue weighted by Crippen LogP contribution is 2.05. The maximum atomic E-state index is 11.2. The Bertz CT molecular complexity index is 354. The molecular formula is C12H20N4O. The Morgan fingerprint density at radius 2 is 2.18 bits per heavy atom. The average molecular weight is 236 g/mol. The summed E-state index contributed by atoms with van der Waals surface area (Å²) in [4.78, 5) is 19.5. The van der Waals surface area contributed by atoms with Crippen LogP contribution in [0.2, 0.25) is 0 Å². The fourth-order valence-electron chi connectivity index (χ4n) is 1.48. The molecule has 1 heterocycles. The molecule has 0 atom stereocenters. The number of hydrogen-bond donors (Lipinski definition) is 2. The van der Waals surface area contributed by atoms with E-state index in [2.05, 4.69) is 27.5 Å². The number of nitrogens with zero attached hydrogens (tertiary/aromatic N) is 2. The highest BCUT2D eigenvalue weighted by Gasteiger charge is 2.00. The number of nitrogens with one attached hydrogen (secondary N) is 2. The van der Waals surface area contributed by atoms with Gasteiger partial charge in [0.05, 0.1) is 0 Å². The smallest absolute Gasteiger partial charge is 0.221 e. The first-order valence-corrected chi connectivity index (χ1v) is 6.07. The highest BCUT2D eigenvalue weighted by atomic mass is 16.1. The van der Waals surface area contributed by atoms with Crippen molar-refractivity contribution >= 4 is 11.7 Å². The standard InChI is InChI=1S/C12H20N4O/c1-3-5-10-8-11(16-9-15-10)14-7-6-12(17)13-4-2/h8-9H,3-7H2,1-2H3,(H,13,17)(H,14,15,16). The van der Waals surface area contributed by atoms with Crippen LogP contribution in [0, 0.1) is 0 Å². The lowest BCUT2D eigenvalue weighted by molar-refractivity contribution is -0.120. The number of aryl methyl sites for hydroxylation is 1. The molecule has 1 amide bonds. The number of carbonyl (C=O) groups excluding carboxylic acids is 1. The van der Waals surface area contributed by atoms with Crippen molar-refractivity contribution in [2.75, 3.05) is 18.4 Å². The predicted molar refractivity (Wildman–Crippen MR) is 67.8 cm³/mol. The summed E-state index contributed by atoms with van der Waals surface area (Å²) < 4.78 is 0. The molecule has 0 saturated carbocycles. The summed E-state index contributed by atoms with van der Waals surface area (Å²) in [6.45, 7) is 5.29. The molecule has 0 aromatic carbocycles. The van der Waals surface area contributed by atoms with Crippen LogP contribution in [-0.4, -0.2) is 29.0 Å². The van der Waals surface area contributed by atoms with Gasteiger partial charge in [0.25, 0.3) is 0 Å². The van der Waals surface area contributed by atoms with Gasteiger partial charge in [-0.2, -0.15) is 0 Å². The van der Waals surface area contributed by atoms with Crippen molar-refractivity contribution in [1.29, 1.82) is 0 Å². The van der Waals surface area contributed by atoms with E-state index in [-0.39, 0.29) is 5.91 Å².